The lowest BCUT2D eigenvalue weighted by atomic mass is 10.1. The zero-order valence-corrected chi connectivity index (χ0v) is 9.49. The predicted molar refractivity (Wildman–Crippen MR) is 66.5 cm³/mol. The predicted octanol–water partition coefficient (Wildman–Crippen LogP) is 2.36. The zero-order valence-electron chi connectivity index (χ0n) is 9.49. The Balaban J connectivity index is 2.25. The maximum absolute atomic E-state index is 9.03. The van der Waals surface area contributed by atoms with Crippen molar-refractivity contribution in [2.75, 3.05) is 0 Å². The van der Waals surface area contributed by atoms with Crippen LogP contribution in [-0.2, 0) is 6.61 Å². The van der Waals surface area contributed by atoms with Crippen LogP contribution in [-0.4, -0.2) is 20.1 Å². The van der Waals surface area contributed by atoms with Crippen LogP contribution >= 0.6 is 0 Å². The highest BCUT2D eigenvalue weighted by Crippen LogP contribution is 2.30. The average molecular weight is 227 g/mol. The van der Waals surface area contributed by atoms with E-state index in [1.54, 1.807) is 6.20 Å². The summed E-state index contributed by atoms with van der Waals surface area (Å²) in [6.07, 6.45) is 1.76. The molecule has 0 spiro atoms. The van der Waals surface area contributed by atoms with Gasteiger partial charge in [-0.3, -0.25) is 0 Å². The molecule has 0 atom stereocenters. The Morgan fingerprint density at radius 2 is 2.06 bits per heavy atom. The fourth-order valence-electron chi connectivity index (χ4n) is 2.19. The molecule has 0 amide bonds. The quantitative estimate of drug-likeness (QED) is 0.629. The van der Waals surface area contributed by atoms with Crippen LogP contribution in [0.15, 0.2) is 30.5 Å². The fourth-order valence-corrected chi connectivity index (χ4v) is 2.19. The topological polar surface area (TPSA) is 64.7 Å². The van der Waals surface area contributed by atoms with Gasteiger partial charge in [0, 0.05) is 22.2 Å². The van der Waals surface area contributed by atoms with E-state index in [4.69, 9.17) is 5.11 Å². The lowest BCUT2D eigenvalue weighted by Gasteiger charge is -1.97. The van der Waals surface area contributed by atoms with Crippen LogP contribution in [0.3, 0.4) is 0 Å². The van der Waals surface area contributed by atoms with Gasteiger partial charge < -0.3 is 15.1 Å². The van der Waals surface area contributed by atoms with Crippen molar-refractivity contribution in [1.29, 1.82) is 0 Å². The number of para-hydroxylation sites is 1. The Morgan fingerprint density at radius 1 is 1.24 bits per heavy atom. The van der Waals surface area contributed by atoms with Crippen LogP contribution < -0.4 is 0 Å². The van der Waals surface area contributed by atoms with E-state index in [0.717, 1.165) is 27.9 Å². The normalized spacial score (nSPS) is 11.2. The number of rotatable bonds is 2. The molecule has 0 aliphatic rings. The van der Waals surface area contributed by atoms with Crippen molar-refractivity contribution in [1.82, 2.24) is 15.0 Å². The smallest absolute Gasteiger partial charge is 0.132 e. The Bertz CT molecular complexity index is 666. The number of aliphatic hydroxyl groups excluding tert-OH is 1. The Labute approximate surface area is 98.3 Å². The van der Waals surface area contributed by atoms with Gasteiger partial charge >= 0.3 is 0 Å². The molecule has 4 heteroatoms. The van der Waals surface area contributed by atoms with Crippen molar-refractivity contribution in [3.63, 3.8) is 0 Å². The summed E-state index contributed by atoms with van der Waals surface area (Å²) in [6.45, 7) is 1.97. The van der Waals surface area contributed by atoms with Gasteiger partial charge in [-0.05, 0) is 13.0 Å². The van der Waals surface area contributed by atoms with Crippen LogP contribution in [0.4, 0.5) is 0 Å². The number of imidazole rings is 1. The van der Waals surface area contributed by atoms with Gasteiger partial charge in [-0.15, -0.1) is 0 Å². The van der Waals surface area contributed by atoms with Crippen LogP contribution in [0.5, 0.6) is 0 Å². The minimum atomic E-state index is -0.0681. The number of aliphatic hydroxyl groups is 1. The highest BCUT2D eigenvalue weighted by Gasteiger charge is 2.12. The monoisotopic (exact) mass is 227 g/mol. The summed E-state index contributed by atoms with van der Waals surface area (Å²) in [4.78, 5) is 10.6. The summed E-state index contributed by atoms with van der Waals surface area (Å²) < 4.78 is 0. The van der Waals surface area contributed by atoms with E-state index in [-0.39, 0.29) is 6.61 Å². The van der Waals surface area contributed by atoms with E-state index < -0.39 is 0 Å². The van der Waals surface area contributed by atoms with Crippen molar-refractivity contribution in [2.45, 2.75) is 13.5 Å². The number of aryl methyl sites for hydroxylation is 1. The highest BCUT2D eigenvalue weighted by molar-refractivity contribution is 5.96. The molecule has 0 saturated carbocycles. The Kier molecular flexibility index (Phi) is 2.23. The second-order valence-corrected chi connectivity index (χ2v) is 4.07. The third kappa shape index (κ3) is 1.54. The molecule has 2 aromatic heterocycles. The molecule has 3 N–H and O–H groups in total. The minimum Gasteiger partial charge on any atom is -0.388 e. The van der Waals surface area contributed by atoms with E-state index in [1.807, 2.05) is 19.1 Å². The first kappa shape index (κ1) is 10.1. The highest BCUT2D eigenvalue weighted by atomic mass is 16.3. The lowest BCUT2D eigenvalue weighted by Crippen LogP contribution is -1.85. The molecule has 0 bridgehead atoms. The van der Waals surface area contributed by atoms with E-state index in [9.17, 15) is 0 Å². The summed E-state index contributed by atoms with van der Waals surface area (Å²) in [5.74, 6) is 0.588. The number of H-pyrrole nitrogens is 2. The molecule has 3 aromatic rings. The average Bonchev–Trinajstić information content (AvgIpc) is 2.91. The zero-order chi connectivity index (χ0) is 11.8. The number of benzene rings is 1. The van der Waals surface area contributed by atoms with Crippen molar-refractivity contribution in [3.05, 3.63) is 42.0 Å². The number of nitrogens with zero attached hydrogens (tertiary/aromatic N) is 1. The van der Waals surface area contributed by atoms with Crippen molar-refractivity contribution < 1.29 is 5.11 Å². The van der Waals surface area contributed by atoms with Gasteiger partial charge in [0.2, 0.25) is 0 Å². The van der Waals surface area contributed by atoms with Gasteiger partial charge in [-0.1, -0.05) is 18.2 Å². The summed E-state index contributed by atoms with van der Waals surface area (Å²) in [6, 6.07) is 8.15. The van der Waals surface area contributed by atoms with Gasteiger partial charge in [0.05, 0.1) is 11.9 Å². The lowest BCUT2D eigenvalue weighted by molar-refractivity contribution is 0.272. The molecule has 3 rings (SSSR count). The first-order chi connectivity index (χ1) is 8.29. The second kappa shape index (κ2) is 3.75. The maximum Gasteiger partial charge on any atom is 0.132 e. The summed E-state index contributed by atoms with van der Waals surface area (Å²) in [7, 11) is 0. The number of aromatic amines is 2. The van der Waals surface area contributed by atoms with Crippen LogP contribution in [0, 0.1) is 6.92 Å². The molecule has 86 valence electrons. The maximum atomic E-state index is 9.03. The first-order valence-electron chi connectivity index (χ1n) is 5.52. The molecule has 4 nitrogen and oxygen atoms in total. The van der Waals surface area contributed by atoms with E-state index >= 15 is 0 Å². The standard InChI is InChI=1S/C13H13N3O/c1-8-13(11-6-14-12(7-17)16-11)9-4-2-3-5-10(9)15-8/h2-6,15,17H,7H2,1H3,(H,14,16). The van der Waals surface area contributed by atoms with E-state index in [0.29, 0.717) is 5.82 Å². The van der Waals surface area contributed by atoms with Crippen LogP contribution in [0.25, 0.3) is 22.2 Å². The van der Waals surface area contributed by atoms with Crippen molar-refractivity contribution >= 4 is 10.9 Å². The molecule has 0 saturated heterocycles. The van der Waals surface area contributed by atoms with Gasteiger partial charge in [0.25, 0.3) is 0 Å². The third-order valence-electron chi connectivity index (χ3n) is 2.94. The number of hydrogen-bond acceptors (Lipinski definition) is 2. The molecule has 0 radical (unpaired) electrons. The Hall–Kier alpha value is -2.07. The molecule has 0 unspecified atom stereocenters. The minimum absolute atomic E-state index is 0.0681. The van der Waals surface area contributed by atoms with Crippen LogP contribution in [0.1, 0.15) is 11.5 Å². The molecular formula is C13H13N3O. The van der Waals surface area contributed by atoms with E-state index in [1.165, 1.54) is 0 Å². The SMILES string of the molecule is Cc1[nH]c2ccccc2c1-c1cnc(CO)[nH]1. The van der Waals surface area contributed by atoms with Gasteiger partial charge in [0.15, 0.2) is 0 Å². The number of fused-ring (bicyclic) bond motifs is 1. The van der Waals surface area contributed by atoms with Gasteiger partial charge in [-0.25, -0.2) is 4.98 Å². The van der Waals surface area contributed by atoms with Crippen molar-refractivity contribution in [2.24, 2.45) is 0 Å². The van der Waals surface area contributed by atoms with Gasteiger partial charge in [-0.2, -0.15) is 0 Å². The van der Waals surface area contributed by atoms with Crippen molar-refractivity contribution in [3.8, 4) is 11.3 Å². The van der Waals surface area contributed by atoms with E-state index in [2.05, 4.69) is 27.1 Å². The number of nitrogens with one attached hydrogen (secondary N) is 2. The van der Waals surface area contributed by atoms with Crippen LogP contribution in [0.2, 0.25) is 0 Å². The second-order valence-electron chi connectivity index (χ2n) is 4.07. The fraction of sp³-hybridized carbons (Fsp3) is 0.154. The molecule has 0 aliphatic heterocycles. The molecule has 17 heavy (non-hydrogen) atoms. The first-order valence-corrected chi connectivity index (χ1v) is 5.52. The number of hydrogen-bond donors (Lipinski definition) is 3. The summed E-state index contributed by atoms with van der Waals surface area (Å²) in [5.41, 5.74) is 4.26. The number of aromatic nitrogens is 3. The molecular weight excluding hydrogens is 214 g/mol. The third-order valence-corrected chi connectivity index (χ3v) is 2.94. The molecule has 2 heterocycles. The Morgan fingerprint density at radius 3 is 2.82 bits per heavy atom. The van der Waals surface area contributed by atoms with Gasteiger partial charge in [0.1, 0.15) is 12.4 Å². The molecule has 1 aromatic carbocycles. The molecule has 0 fully saturated rings. The largest absolute Gasteiger partial charge is 0.388 e. The summed E-state index contributed by atoms with van der Waals surface area (Å²) in [5, 5.41) is 10.2. The summed E-state index contributed by atoms with van der Waals surface area (Å²) >= 11 is 0. The molecule has 0 aliphatic carbocycles.